The van der Waals surface area contributed by atoms with Crippen molar-refractivity contribution in [2.24, 2.45) is 0 Å². The van der Waals surface area contributed by atoms with Crippen LogP contribution in [0.5, 0.6) is 0 Å². The van der Waals surface area contributed by atoms with Crippen molar-refractivity contribution in [1.29, 1.82) is 0 Å². The molecule has 1 aromatic carbocycles. The first-order valence-corrected chi connectivity index (χ1v) is 10.3. The van der Waals surface area contributed by atoms with Crippen molar-refractivity contribution < 1.29 is 17.6 Å². The van der Waals surface area contributed by atoms with Crippen LogP contribution < -0.4 is 10.2 Å². The van der Waals surface area contributed by atoms with Crippen molar-refractivity contribution in [2.75, 3.05) is 29.6 Å². The lowest BCUT2D eigenvalue weighted by Crippen LogP contribution is -2.32. The highest BCUT2D eigenvalue weighted by Gasteiger charge is 2.21. The van der Waals surface area contributed by atoms with Crippen LogP contribution in [-0.2, 0) is 9.84 Å². The maximum Gasteiger partial charge on any atom is 0.259 e. The Balaban J connectivity index is 1.90. The van der Waals surface area contributed by atoms with Crippen molar-refractivity contribution in [3.63, 3.8) is 0 Å². The summed E-state index contributed by atoms with van der Waals surface area (Å²) in [6, 6.07) is 6.60. The average Bonchev–Trinajstić information content (AvgIpc) is 2.63. The van der Waals surface area contributed by atoms with Crippen LogP contribution in [0, 0.1) is 5.82 Å². The van der Waals surface area contributed by atoms with Crippen molar-refractivity contribution in [3.8, 4) is 0 Å². The molecule has 8 heteroatoms. The van der Waals surface area contributed by atoms with E-state index in [-0.39, 0.29) is 10.6 Å². The first-order valence-electron chi connectivity index (χ1n) is 8.37. The zero-order valence-corrected chi connectivity index (χ0v) is 15.2. The van der Waals surface area contributed by atoms with Gasteiger partial charge < -0.3 is 10.2 Å². The van der Waals surface area contributed by atoms with E-state index in [2.05, 4.69) is 10.3 Å². The number of pyridine rings is 1. The molecular formula is C18H20FN3O3S. The topological polar surface area (TPSA) is 79.4 Å². The number of rotatable bonds is 4. The third-order valence-corrected chi connectivity index (χ3v) is 5.41. The van der Waals surface area contributed by atoms with E-state index in [0.717, 1.165) is 50.7 Å². The number of nitrogens with zero attached hydrogens (tertiary/aromatic N) is 2. The number of amides is 1. The Labute approximate surface area is 152 Å². The van der Waals surface area contributed by atoms with Crippen LogP contribution >= 0.6 is 0 Å². The molecule has 2 heterocycles. The molecule has 1 aliphatic rings. The Hall–Kier alpha value is -2.48. The molecule has 0 unspecified atom stereocenters. The molecule has 0 spiro atoms. The predicted molar refractivity (Wildman–Crippen MR) is 97.8 cm³/mol. The Morgan fingerprint density at radius 2 is 1.92 bits per heavy atom. The summed E-state index contributed by atoms with van der Waals surface area (Å²) < 4.78 is 37.4. The third-order valence-electron chi connectivity index (χ3n) is 4.30. The second-order valence-corrected chi connectivity index (χ2v) is 8.31. The Bertz CT molecular complexity index is 925. The number of nitrogens with one attached hydrogen (secondary N) is 1. The number of sulfone groups is 1. The minimum atomic E-state index is -3.51. The molecule has 1 aromatic heterocycles. The van der Waals surface area contributed by atoms with Gasteiger partial charge in [-0.3, -0.25) is 4.79 Å². The molecule has 0 atom stereocenters. The monoisotopic (exact) mass is 377 g/mol. The zero-order chi connectivity index (χ0) is 18.7. The molecule has 1 N–H and O–H groups in total. The van der Waals surface area contributed by atoms with Crippen LogP contribution in [-0.4, -0.2) is 38.7 Å². The van der Waals surface area contributed by atoms with Gasteiger partial charge in [0.1, 0.15) is 11.6 Å². The van der Waals surface area contributed by atoms with Crippen LogP contribution in [0.3, 0.4) is 0 Å². The molecule has 0 aliphatic carbocycles. The summed E-state index contributed by atoms with van der Waals surface area (Å²) in [6.45, 7) is 1.63. The second kappa shape index (κ2) is 7.41. The number of halogens is 1. The Kier molecular flexibility index (Phi) is 5.22. The fraction of sp³-hybridized carbons (Fsp3) is 0.333. The number of carbonyl (C=O) groups is 1. The highest BCUT2D eigenvalue weighted by Crippen LogP contribution is 2.24. The van der Waals surface area contributed by atoms with Crippen LogP contribution in [0.1, 0.15) is 29.6 Å². The molecule has 1 fully saturated rings. The van der Waals surface area contributed by atoms with Gasteiger partial charge in [0.25, 0.3) is 5.91 Å². The lowest BCUT2D eigenvalue weighted by atomic mass is 10.1. The summed E-state index contributed by atoms with van der Waals surface area (Å²) in [5, 5.41) is 2.47. The number of piperidine rings is 1. The van der Waals surface area contributed by atoms with Gasteiger partial charge in [-0.05, 0) is 49.6 Å². The van der Waals surface area contributed by atoms with Crippen molar-refractivity contribution in [1.82, 2.24) is 4.98 Å². The second-order valence-electron chi connectivity index (χ2n) is 6.29. The molecule has 26 heavy (non-hydrogen) atoms. The summed E-state index contributed by atoms with van der Waals surface area (Å²) in [5.74, 6) is -0.665. The van der Waals surface area contributed by atoms with Gasteiger partial charge in [-0.25, -0.2) is 17.8 Å². The average molecular weight is 377 g/mol. The third kappa shape index (κ3) is 4.01. The van der Waals surface area contributed by atoms with E-state index in [9.17, 15) is 17.6 Å². The summed E-state index contributed by atoms with van der Waals surface area (Å²) in [5.41, 5.74) is 0.157. The van der Waals surface area contributed by atoms with Gasteiger partial charge in [0.15, 0.2) is 9.84 Å². The summed E-state index contributed by atoms with van der Waals surface area (Å²) in [6.07, 6.45) is 5.85. The quantitative estimate of drug-likeness (QED) is 0.829. The van der Waals surface area contributed by atoms with Gasteiger partial charge in [-0.2, -0.15) is 0 Å². The van der Waals surface area contributed by atoms with Gasteiger partial charge in [0, 0.05) is 25.5 Å². The molecule has 0 radical (unpaired) electrons. The fourth-order valence-corrected chi connectivity index (χ4v) is 3.60. The number of carbonyl (C=O) groups excluding carboxylic acids is 1. The molecule has 0 saturated carbocycles. The van der Waals surface area contributed by atoms with Crippen LogP contribution in [0.25, 0.3) is 0 Å². The van der Waals surface area contributed by atoms with E-state index >= 15 is 0 Å². The largest absolute Gasteiger partial charge is 0.356 e. The number of hydrogen-bond acceptors (Lipinski definition) is 5. The zero-order valence-electron chi connectivity index (χ0n) is 14.4. The first kappa shape index (κ1) is 18.3. The van der Waals surface area contributed by atoms with Crippen molar-refractivity contribution in [2.45, 2.75) is 24.2 Å². The van der Waals surface area contributed by atoms with E-state index in [1.54, 1.807) is 18.3 Å². The maximum absolute atomic E-state index is 14.1. The highest BCUT2D eigenvalue weighted by molar-refractivity contribution is 7.90. The highest BCUT2D eigenvalue weighted by atomic mass is 32.2. The summed E-state index contributed by atoms with van der Waals surface area (Å²) >= 11 is 0. The Morgan fingerprint density at radius 1 is 1.19 bits per heavy atom. The SMILES string of the molecule is CS(=O)(=O)c1ccc(F)c(NC(=O)c2cccnc2N2CCCCC2)c1. The smallest absolute Gasteiger partial charge is 0.259 e. The number of hydrogen-bond donors (Lipinski definition) is 1. The van der Waals surface area contributed by atoms with Crippen molar-refractivity contribution >= 4 is 27.2 Å². The molecule has 3 rings (SSSR count). The maximum atomic E-state index is 14.1. The van der Waals surface area contributed by atoms with E-state index in [4.69, 9.17) is 0 Å². The minimum Gasteiger partial charge on any atom is -0.356 e. The van der Waals surface area contributed by atoms with E-state index < -0.39 is 21.6 Å². The van der Waals surface area contributed by atoms with E-state index in [1.165, 1.54) is 6.07 Å². The molecular weight excluding hydrogens is 357 g/mol. The van der Waals surface area contributed by atoms with Gasteiger partial charge in [0.2, 0.25) is 0 Å². The number of benzene rings is 1. The van der Waals surface area contributed by atoms with Crippen molar-refractivity contribution in [3.05, 3.63) is 47.9 Å². The van der Waals surface area contributed by atoms with Crippen LogP contribution in [0.15, 0.2) is 41.4 Å². The molecule has 6 nitrogen and oxygen atoms in total. The van der Waals surface area contributed by atoms with E-state index in [0.29, 0.717) is 11.4 Å². The van der Waals surface area contributed by atoms with E-state index in [1.807, 2.05) is 4.90 Å². The molecule has 1 aliphatic heterocycles. The van der Waals surface area contributed by atoms with Crippen LogP contribution in [0.4, 0.5) is 15.9 Å². The fourth-order valence-electron chi connectivity index (χ4n) is 2.95. The van der Waals surface area contributed by atoms with Gasteiger partial charge in [-0.1, -0.05) is 0 Å². The molecule has 1 amide bonds. The van der Waals surface area contributed by atoms with Gasteiger partial charge in [0.05, 0.1) is 16.1 Å². The van der Waals surface area contributed by atoms with Gasteiger partial charge in [-0.15, -0.1) is 0 Å². The molecule has 0 bridgehead atoms. The van der Waals surface area contributed by atoms with Gasteiger partial charge >= 0.3 is 0 Å². The minimum absolute atomic E-state index is 0.0587. The molecule has 2 aromatic rings. The normalized spacial score (nSPS) is 14.9. The number of aromatic nitrogens is 1. The lowest BCUT2D eigenvalue weighted by molar-refractivity contribution is 0.102. The molecule has 138 valence electrons. The lowest BCUT2D eigenvalue weighted by Gasteiger charge is -2.29. The number of anilines is 2. The molecule has 1 saturated heterocycles. The summed E-state index contributed by atoms with van der Waals surface area (Å²) in [4.78, 5) is 19.0. The van der Waals surface area contributed by atoms with Crippen LogP contribution in [0.2, 0.25) is 0 Å². The Morgan fingerprint density at radius 3 is 2.62 bits per heavy atom. The predicted octanol–water partition coefficient (Wildman–Crippen LogP) is 2.87. The first-order chi connectivity index (χ1) is 12.4. The standard InChI is InChI=1S/C18H20FN3O3S/c1-26(24,25)13-7-8-15(19)16(12-13)21-18(23)14-6-5-9-20-17(14)22-10-3-2-4-11-22/h5-9,12H,2-4,10-11H2,1H3,(H,21,23). The summed E-state index contributed by atoms with van der Waals surface area (Å²) in [7, 11) is -3.51.